The number of hydrogen-bond acceptors (Lipinski definition) is 10. The van der Waals surface area contributed by atoms with Gasteiger partial charge in [-0.1, -0.05) is 0 Å². The van der Waals surface area contributed by atoms with Gasteiger partial charge in [0.2, 0.25) is 0 Å². The van der Waals surface area contributed by atoms with Gasteiger partial charge in [0.1, 0.15) is 6.04 Å². The van der Waals surface area contributed by atoms with Crippen LogP contribution in [0.15, 0.2) is 0 Å². The maximum absolute atomic E-state index is 14.3. The van der Waals surface area contributed by atoms with Crippen LogP contribution in [-0.2, 0) is 43.4 Å². The summed E-state index contributed by atoms with van der Waals surface area (Å²) >= 11 is 0. The predicted octanol–water partition coefficient (Wildman–Crippen LogP) is 0.266. The Balaban J connectivity index is 2.34. The molecule has 0 N–H and O–H groups in total. The molecule has 0 aliphatic carbocycles. The van der Waals surface area contributed by atoms with E-state index in [1.54, 1.807) is 0 Å². The molecule has 0 aromatic carbocycles. The molecule has 23 heteroatoms. The van der Waals surface area contributed by atoms with Gasteiger partial charge in [-0.3, -0.25) is 9.69 Å². The van der Waals surface area contributed by atoms with Gasteiger partial charge in [-0.15, -0.1) is 3.63 Å². The summed E-state index contributed by atoms with van der Waals surface area (Å²) in [4.78, 5) is 12.7. The molecule has 0 spiro atoms. The quantitative estimate of drug-likeness (QED) is 0.218. The van der Waals surface area contributed by atoms with E-state index in [-0.39, 0.29) is 13.0 Å². The Labute approximate surface area is 191 Å². The third-order valence-corrected chi connectivity index (χ3v) is 9.63. The molecule has 1 unspecified atom stereocenters. The van der Waals surface area contributed by atoms with Gasteiger partial charge in [0.05, 0.1) is 6.61 Å². The van der Waals surface area contributed by atoms with Crippen molar-refractivity contribution >= 4 is 36.2 Å². The van der Waals surface area contributed by atoms with Gasteiger partial charge in [-0.25, -0.2) is 8.42 Å². The molecule has 2 fully saturated rings. The zero-order valence-corrected chi connectivity index (χ0v) is 19.0. The Kier molecular flexibility index (Phi) is 7.53. The third kappa shape index (κ3) is 4.81. The Bertz CT molecular complexity index is 1160. The van der Waals surface area contributed by atoms with Crippen molar-refractivity contribution < 1.29 is 77.9 Å². The van der Waals surface area contributed by atoms with Crippen molar-refractivity contribution in [1.29, 1.82) is 0 Å². The summed E-state index contributed by atoms with van der Waals surface area (Å²) in [5, 5.41) is -14.5. The molecule has 0 radical (unpaired) electrons. The smallest absolute Gasteiger partial charge is 0.464 e. The van der Waals surface area contributed by atoms with Crippen molar-refractivity contribution in [2.45, 2.75) is 34.4 Å². The molecule has 2 rings (SSSR count). The van der Waals surface area contributed by atoms with Gasteiger partial charge in [-0.2, -0.15) is 60.7 Å². The molecule has 0 aromatic heterocycles. The topological polar surface area (TPSA) is 144 Å². The van der Waals surface area contributed by atoms with E-state index >= 15 is 0 Å². The third-order valence-electron chi connectivity index (χ3n) is 4.79. The van der Waals surface area contributed by atoms with Gasteiger partial charge in [0.15, 0.2) is 0 Å². The highest BCUT2D eigenvalue weighted by Gasteiger charge is 2.84. The van der Waals surface area contributed by atoms with Gasteiger partial charge >= 0.3 is 48.1 Å². The lowest BCUT2D eigenvalue weighted by Gasteiger charge is -2.39. The van der Waals surface area contributed by atoms with E-state index < -0.39 is 94.7 Å². The molecule has 0 amide bonds. The number of halogens is 9. The minimum Gasteiger partial charge on any atom is -0.464 e. The van der Waals surface area contributed by atoms with E-state index in [1.807, 2.05) is 0 Å². The van der Waals surface area contributed by atoms with Crippen molar-refractivity contribution in [2.75, 3.05) is 32.8 Å². The van der Waals surface area contributed by atoms with E-state index in [0.717, 1.165) is 0 Å². The molecular weight excluding hydrogens is 583 g/mol. The summed E-state index contributed by atoms with van der Waals surface area (Å²) in [7, 11) is -22.5. The zero-order valence-electron chi connectivity index (χ0n) is 16.5. The minimum absolute atomic E-state index is 0.0258. The van der Waals surface area contributed by atoms with Crippen molar-refractivity contribution in [3.8, 4) is 0 Å². The molecule has 2 heterocycles. The second kappa shape index (κ2) is 8.85. The molecular formula is C12H13F9N2O9S3. The van der Waals surface area contributed by atoms with Crippen molar-refractivity contribution in [1.82, 2.24) is 9.21 Å². The maximum atomic E-state index is 14.3. The molecule has 2 aliphatic rings. The highest BCUT2D eigenvalue weighted by Crippen LogP contribution is 2.52. The first-order valence-corrected chi connectivity index (χ1v) is 13.0. The summed E-state index contributed by atoms with van der Waals surface area (Å²) in [6.45, 7) is -3.28. The van der Waals surface area contributed by atoms with Gasteiger partial charge in [0.25, 0.3) is 10.0 Å². The van der Waals surface area contributed by atoms with Crippen LogP contribution in [0.5, 0.6) is 0 Å². The van der Waals surface area contributed by atoms with Crippen LogP contribution in [0, 0.1) is 0 Å². The van der Waals surface area contributed by atoms with Crippen molar-refractivity contribution in [3.63, 3.8) is 0 Å². The average molecular weight is 596 g/mol. The lowest BCUT2D eigenvalue weighted by atomic mass is 10.2. The molecule has 0 bridgehead atoms. The largest absolute Gasteiger partial charge is 0.524 e. The number of sulfonamides is 1. The number of nitrogens with zero attached hydrogens (tertiary/aromatic N) is 2. The van der Waals surface area contributed by atoms with E-state index in [1.165, 1.54) is 4.90 Å². The van der Waals surface area contributed by atoms with E-state index in [4.69, 9.17) is 0 Å². The number of carbonyl (C=O) groups is 1. The molecule has 0 aromatic rings. The Morgan fingerprint density at radius 2 is 1.26 bits per heavy atom. The first-order valence-electron chi connectivity index (χ1n) is 8.75. The Morgan fingerprint density at radius 1 is 0.771 bits per heavy atom. The lowest BCUT2D eigenvalue weighted by Crippen LogP contribution is -2.65. The molecule has 11 nitrogen and oxygen atoms in total. The van der Waals surface area contributed by atoms with Crippen LogP contribution in [0.2, 0.25) is 0 Å². The van der Waals surface area contributed by atoms with E-state index in [0.29, 0.717) is 0 Å². The van der Waals surface area contributed by atoms with E-state index in [9.17, 15) is 69.6 Å². The van der Waals surface area contributed by atoms with Crippen molar-refractivity contribution in [2.24, 2.45) is 0 Å². The Morgan fingerprint density at radius 3 is 1.66 bits per heavy atom. The normalized spacial score (nSPS) is 22.9. The number of alkyl halides is 9. The van der Waals surface area contributed by atoms with Crippen LogP contribution in [0.4, 0.5) is 39.5 Å². The summed E-state index contributed by atoms with van der Waals surface area (Å²) in [5.74, 6) is -8.29. The molecule has 0 saturated carbocycles. The molecule has 35 heavy (non-hydrogen) atoms. The fourth-order valence-electron chi connectivity index (χ4n) is 2.92. The Hall–Kier alpha value is -1.43. The number of rotatable bonds is 8. The standard InChI is InChI=1S/C12H13F9N2O9S3/c13-9(14,11(17,18)34(27,28)32-35(29,30)12(19,20)21)10(15,16)33(25,26)23-4-2-22(3-5-23)7-1-6-31-8(7)24/h7H,1-6H2. The minimum atomic E-state index is -8.07. The highest BCUT2D eigenvalue weighted by molar-refractivity contribution is 8.00. The number of esters is 1. The molecule has 2 aliphatic heterocycles. The number of hydrogen-bond donors (Lipinski definition) is 0. The summed E-state index contributed by atoms with van der Waals surface area (Å²) in [6, 6.07) is -0.927. The first-order chi connectivity index (χ1) is 15.4. The molecule has 2 saturated heterocycles. The lowest BCUT2D eigenvalue weighted by molar-refractivity contribution is -0.246. The fraction of sp³-hybridized carbons (Fsp3) is 0.917. The van der Waals surface area contributed by atoms with Crippen LogP contribution in [0.1, 0.15) is 6.42 Å². The molecule has 1 atom stereocenters. The van der Waals surface area contributed by atoms with Gasteiger partial charge < -0.3 is 4.74 Å². The van der Waals surface area contributed by atoms with Gasteiger partial charge in [-0.05, 0) is 0 Å². The average Bonchev–Trinajstić information content (AvgIpc) is 3.11. The maximum Gasteiger partial charge on any atom is 0.524 e. The fourth-order valence-corrected chi connectivity index (χ4v) is 6.44. The summed E-state index contributed by atoms with van der Waals surface area (Å²) < 4.78 is 195. The number of piperazine rings is 1. The second-order valence-electron chi connectivity index (χ2n) is 6.94. The van der Waals surface area contributed by atoms with Crippen LogP contribution < -0.4 is 0 Å². The van der Waals surface area contributed by atoms with E-state index in [2.05, 4.69) is 8.37 Å². The number of carbonyl (C=O) groups excluding carboxylic acids is 1. The SMILES string of the molecule is O=C1OCCC1N1CCN(S(=O)(=O)C(F)(F)C(F)(F)C(F)(F)S(=O)(=O)OS(=O)(=O)C(F)(F)F)CC1. The monoisotopic (exact) mass is 596 g/mol. The van der Waals surface area contributed by atoms with Gasteiger partial charge in [0, 0.05) is 32.6 Å². The predicted molar refractivity (Wildman–Crippen MR) is 91.3 cm³/mol. The van der Waals surface area contributed by atoms with Crippen molar-refractivity contribution in [3.05, 3.63) is 0 Å². The summed E-state index contributed by atoms with van der Waals surface area (Å²) in [6.07, 6.45) is 0.116. The zero-order chi connectivity index (χ0) is 27.5. The van der Waals surface area contributed by atoms with Crippen LogP contribution in [0.3, 0.4) is 0 Å². The molecule has 206 valence electrons. The summed E-state index contributed by atoms with van der Waals surface area (Å²) in [5.41, 5.74) is -6.76. The number of cyclic esters (lactones) is 1. The van der Waals surface area contributed by atoms with Crippen LogP contribution in [0.25, 0.3) is 0 Å². The number of ether oxygens (including phenoxy) is 1. The van der Waals surface area contributed by atoms with Crippen LogP contribution in [-0.4, -0.2) is 101 Å². The van der Waals surface area contributed by atoms with Crippen LogP contribution >= 0.6 is 0 Å². The highest BCUT2D eigenvalue weighted by atomic mass is 32.3. The second-order valence-corrected chi connectivity index (χ2v) is 12.3. The first kappa shape index (κ1) is 29.8.